The van der Waals surface area contributed by atoms with Gasteiger partial charge in [-0.2, -0.15) is 0 Å². The van der Waals surface area contributed by atoms with Gasteiger partial charge in [-0.3, -0.25) is 0 Å². The number of rotatable bonds is 10. The topological polar surface area (TPSA) is 6.48 Å². The quantitative estimate of drug-likeness (QED) is 0.126. The molecule has 1 aliphatic carbocycles. The van der Waals surface area contributed by atoms with Crippen molar-refractivity contribution in [2.24, 2.45) is 5.41 Å². The number of benzene rings is 10. The Balaban J connectivity index is 1.20. The van der Waals surface area contributed by atoms with Crippen LogP contribution in [0.15, 0.2) is 254 Å². The van der Waals surface area contributed by atoms with Crippen LogP contribution in [0.5, 0.6) is 0 Å². The second kappa shape index (κ2) is 19.2. The molecule has 0 bridgehead atoms. The molecule has 10 aromatic rings. The van der Waals surface area contributed by atoms with Gasteiger partial charge in [-0.15, -0.1) is 0 Å². The number of nitrogens with zero attached hydrogens (tertiary/aromatic N) is 2. The Morgan fingerprint density at radius 3 is 1.08 bits per heavy atom. The Hall–Kier alpha value is -8.20. The molecule has 1 aliphatic rings. The van der Waals surface area contributed by atoms with Crippen LogP contribution in [0, 0.1) is 5.41 Å². The molecule has 352 valence electrons. The third-order valence-electron chi connectivity index (χ3n) is 14.6. The fraction of sp³-hybridized carbons (Fsp3) is 0.143. The van der Waals surface area contributed by atoms with E-state index < -0.39 is 0 Å². The molecule has 0 unspecified atom stereocenters. The first-order valence-electron chi connectivity index (χ1n) is 25.5. The summed E-state index contributed by atoms with van der Waals surface area (Å²) < 4.78 is 0. The van der Waals surface area contributed by atoms with Gasteiger partial charge in [0.2, 0.25) is 0 Å². The van der Waals surface area contributed by atoms with Gasteiger partial charge >= 0.3 is 0 Å². The molecular formula is C70H62N2. The van der Waals surface area contributed by atoms with Crippen LogP contribution in [-0.4, -0.2) is 0 Å². The van der Waals surface area contributed by atoms with Crippen molar-refractivity contribution >= 4 is 50.0 Å². The van der Waals surface area contributed by atoms with Gasteiger partial charge in [0.25, 0.3) is 0 Å². The van der Waals surface area contributed by atoms with E-state index in [9.17, 15) is 0 Å². The second-order valence-electron chi connectivity index (χ2n) is 21.3. The summed E-state index contributed by atoms with van der Waals surface area (Å²) in [6, 6.07) is 85.1. The molecule has 0 saturated heterocycles. The first kappa shape index (κ1) is 46.2. The van der Waals surface area contributed by atoms with E-state index in [0.29, 0.717) is 0 Å². The van der Waals surface area contributed by atoms with Crippen molar-refractivity contribution in [3.05, 3.63) is 260 Å². The van der Waals surface area contributed by atoms with Crippen molar-refractivity contribution < 1.29 is 0 Å². The van der Waals surface area contributed by atoms with Gasteiger partial charge < -0.3 is 9.80 Å². The highest BCUT2D eigenvalue weighted by atomic mass is 15.2. The van der Waals surface area contributed by atoms with Gasteiger partial charge in [-0.25, -0.2) is 0 Å². The molecule has 0 spiro atoms. The summed E-state index contributed by atoms with van der Waals surface area (Å²) in [5.41, 5.74) is 19.5. The number of hydrogen-bond acceptors (Lipinski definition) is 2. The minimum Gasteiger partial charge on any atom is -0.314 e. The lowest BCUT2D eigenvalue weighted by atomic mass is 9.81. The summed E-state index contributed by atoms with van der Waals surface area (Å²) in [6.45, 7) is 13.8. The van der Waals surface area contributed by atoms with Gasteiger partial charge in [-0.05, 0) is 162 Å². The average molecular weight is 931 g/mol. The summed E-state index contributed by atoms with van der Waals surface area (Å²) in [5.74, 6) is 0. The first-order valence-corrected chi connectivity index (χ1v) is 25.5. The van der Waals surface area contributed by atoms with Gasteiger partial charge in [0, 0.05) is 34.1 Å². The van der Waals surface area contributed by atoms with Crippen molar-refractivity contribution in [3.63, 3.8) is 0 Å². The minimum absolute atomic E-state index is 0.0406. The molecule has 0 N–H and O–H groups in total. The smallest absolute Gasteiger partial charge is 0.0468 e. The van der Waals surface area contributed by atoms with Gasteiger partial charge in [0.15, 0.2) is 0 Å². The molecule has 2 nitrogen and oxygen atoms in total. The van der Waals surface area contributed by atoms with E-state index in [1.54, 1.807) is 0 Å². The molecule has 0 heterocycles. The highest BCUT2D eigenvalue weighted by Crippen LogP contribution is 2.49. The molecule has 0 aromatic heterocycles. The van der Waals surface area contributed by atoms with Crippen LogP contribution in [0.2, 0.25) is 0 Å². The Bertz CT molecular complexity index is 3580. The molecule has 0 atom stereocenters. The maximum atomic E-state index is 2.49. The lowest BCUT2D eigenvalue weighted by molar-refractivity contribution is 0.479. The van der Waals surface area contributed by atoms with Crippen LogP contribution in [0.3, 0.4) is 0 Å². The summed E-state index contributed by atoms with van der Waals surface area (Å²) in [4.78, 5) is 4.90. The van der Waals surface area contributed by atoms with E-state index in [0.717, 1.165) is 41.3 Å². The Morgan fingerprint density at radius 2 is 0.667 bits per heavy atom. The number of fused-ring (bicyclic) bond motifs is 2. The maximum Gasteiger partial charge on any atom is 0.0468 e. The minimum atomic E-state index is 0.0406. The molecular weight excluding hydrogens is 869 g/mol. The van der Waals surface area contributed by atoms with Crippen molar-refractivity contribution in [2.45, 2.75) is 59.8 Å². The SMILES string of the molecule is CC(C)(C)C1=CC=C(N(c2ccccc2)c2ccc3c(-c4ccc(-c5ccccc5)cc4)c4cc(N(c5ccccc5)c5ccc(C(C)(C)C)cc5)ccc4c(-c4ccc(-c5ccccc5)cc4)c3c2)CC1. The van der Waals surface area contributed by atoms with Crippen molar-refractivity contribution in [2.75, 3.05) is 9.80 Å². The van der Waals surface area contributed by atoms with E-state index in [4.69, 9.17) is 0 Å². The van der Waals surface area contributed by atoms with Crippen LogP contribution in [0.25, 0.3) is 66.1 Å². The van der Waals surface area contributed by atoms with Crippen LogP contribution in [0.4, 0.5) is 28.4 Å². The van der Waals surface area contributed by atoms with Gasteiger partial charge in [0.1, 0.15) is 0 Å². The van der Waals surface area contributed by atoms with Gasteiger partial charge in [-0.1, -0.05) is 223 Å². The fourth-order valence-electron chi connectivity index (χ4n) is 10.7. The van der Waals surface area contributed by atoms with E-state index in [1.165, 1.54) is 82.9 Å². The summed E-state index contributed by atoms with van der Waals surface area (Å²) >= 11 is 0. The van der Waals surface area contributed by atoms with Crippen LogP contribution in [0.1, 0.15) is 59.9 Å². The third kappa shape index (κ3) is 9.17. The fourth-order valence-corrected chi connectivity index (χ4v) is 10.7. The van der Waals surface area contributed by atoms with Crippen molar-refractivity contribution in [1.82, 2.24) is 0 Å². The molecule has 2 heteroatoms. The molecule has 10 aromatic carbocycles. The van der Waals surface area contributed by atoms with Crippen LogP contribution < -0.4 is 9.80 Å². The first-order chi connectivity index (χ1) is 35.0. The molecule has 0 radical (unpaired) electrons. The number of anilines is 5. The Morgan fingerprint density at radius 1 is 0.292 bits per heavy atom. The summed E-state index contributed by atoms with van der Waals surface area (Å²) in [7, 11) is 0. The molecule has 0 aliphatic heterocycles. The molecule has 0 fully saturated rings. The maximum absolute atomic E-state index is 2.49. The van der Waals surface area contributed by atoms with E-state index in [-0.39, 0.29) is 10.8 Å². The van der Waals surface area contributed by atoms with E-state index in [2.05, 4.69) is 294 Å². The number of hydrogen-bond donors (Lipinski definition) is 0. The Kier molecular flexibility index (Phi) is 12.3. The summed E-state index contributed by atoms with van der Waals surface area (Å²) in [6.07, 6.45) is 6.72. The highest BCUT2D eigenvalue weighted by Gasteiger charge is 2.26. The van der Waals surface area contributed by atoms with E-state index in [1.807, 2.05) is 0 Å². The molecule has 11 rings (SSSR count). The standard InChI is InChI=1S/C70H62N2/c1-69(2,3)55-35-39-59(40-36-55)71(57-23-15-9-16-24-57)61-43-45-63-65(47-61)67(53-31-27-51(28-32-53)49-19-11-7-12-20-49)64-46-44-62(48-66(64)68(63)54-33-29-52(30-34-54)50-21-13-8-14-22-50)72(58-25-17-10-18-26-58)60-41-37-56(38-42-60)70(4,5)6/h7-37,39-41,43-48H,38,42H2,1-6H3. The van der Waals surface area contributed by atoms with Gasteiger partial charge in [0.05, 0.1) is 0 Å². The van der Waals surface area contributed by atoms with Crippen LogP contribution >= 0.6 is 0 Å². The number of para-hydroxylation sites is 2. The predicted octanol–water partition coefficient (Wildman–Crippen LogP) is 20.2. The predicted molar refractivity (Wildman–Crippen MR) is 310 cm³/mol. The normalized spacial score (nSPS) is 12.9. The number of allylic oxidation sites excluding steroid dienone is 4. The van der Waals surface area contributed by atoms with Crippen LogP contribution in [-0.2, 0) is 5.41 Å². The molecule has 0 saturated carbocycles. The third-order valence-corrected chi connectivity index (χ3v) is 14.6. The van der Waals surface area contributed by atoms with Crippen molar-refractivity contribution in [1.29, 1.82) is 0 Å². The zero-order chi connectivity index (χ0) is 49.4. The largest absolute Gasteiger partial charge is 0.314 e. The monoisotopic (exact) mass is 930 g/mol. The zero-order valence-corrected chi connectivity index (χ0v) is 42.4. The average Bonchev–Trinajstić information content (AvgIpc) is 3.41. The second-order valence-corrected chi connectivity index (χ2v) is 21.3. The van der Waals surface area contributed by atoms with E-state index >= 15 is 0 Å². The van der Waals surface area contributed by atoms with Crippen molar-refractivity contribution in [3.8, 4) is 44.5 Å². The molecule has 0 amide bonds. The lowest BCUT2D eigenvalue weighted by Crippen LogP contribution is -2.20. The molecule has 72 heavy (non-hydrogen) atoms. The lowest BCUT2D eigenvalue weighted by Gasteiger charge is -2.33. The Labute approximate surface area is 426 Å². The zero-order valence-electron chi connectivity index (χ0n) is 42.4. The highest BCUT2D eigenvalue weighted by molar-refractivity contribution is 6.22. The summed E-state index contributed by atoms with van der Waals surface area (Å²) in [5, 5.41) is 4.82.